The lowest BCUT2D eigenvalue weighted by Gasteiger charge is -2.09. The zero-order chi connectivity index (χ0) is 14.4. The summed E-state index contributed by atoms with van der Waals surface area (Å²) in [6.07, 6.45) is 3.04. The molecule has 2 rings (SSSR count). The van der Waals surface area contributed by atoms with Gasteiger partial charge in [-0.2, -0.15) is 0 Å². The molecule has 5 heteroatoms. The smallest absolute Gasteiger partial charge is 0.321 e. The Morgan fingerprint density at radius 1 is 1.25 bits per heavy atom. The molecule has 1 aromatic carbocycles. The highest BCUT2D eigenvalue weighted by Crippen LogP contribution is 2.19. The molecule has 1 heterocycles. The molecule has 2 aromatic rings. The van der Waals surface area contributed by atoms with E-state index in [2.05, 4.69) is 34.0 Å². The largest absolute Gasteiger partial charge is 0.338 e. The Hall–Kier alpha value is -2.04. The van der Waals surface area contributed by atoms with Gasteiger partial charge < -0.3 is 9.88 Å². The van der Waals surface area contributed by atoms with Crippen molar-refractivity contribution < 1.29 is 4.79 Å². The number of amides is 2. The molecule has 0 aliphatic heterocycles. The Kier molecular flexibility index (Phi) is 4.98. The van der Waals surface area contributed by atoms with Gasteiger partial charge in [-0.3, -0.25) is 5.32 Å². The first kappa shape index (κ1) is 14.4. The number of rotatable bonds is 6. The van der Waals surface area contributed by atoms with E-state index in [1.165, 1.54) is 0 Å². The predicted molar refractivity (Wildman–Crippen MR) is 82.0 cm³/mol. The topological polar surface area (TPSA) is 59.0 Å². The van der Waals surface area contributed by atoms with Crippen molar-refractivity contribution in [1.82, 2.24) is 14.9 Å². The highest BCUT2D eigenvalue weighted by molar-refractivity contribution is 5.90. The number of urea groups is 1. The molecule has 0 spiro atoms. The summed E-state index contributed by atoms with van der Waals surface area (Å²) in [6, 6.07) is 7.74. The van der Waals surface area contributed by atoms with Crippen LogP contribution in [0.1, 0.15) is 33.1 Å². The van der Waals surface area contributed by atoms with Gasteiger partial charge in [0.05, 0.1) is 11.0 Å². The Bertz CT molecular complexity index is 576. The fourth-order valence-corrected chi connectivity index (χ4v) is 2.15. The zero-order valence-corrected chi connectivity index (χ0v) is 12.1. The van der Waals surface area contributed by atoms with Crippen LogP contribution in [0.2, 0.25) is 0 Å². The molecular weight excluding hydrogens is 252 g/mol. The van der Waals surface area contributed by atoms with Crippen LogP contribution in [0.25, 0.3) is 11.0 Å². The molecule has 0 saturated carbocycles. The predicted octanol–water partition coefficient (Wildman–Crippen LogP) is 3.37. The van der Waals surface area contributed by atoms with E-state index in [0.29, 0.717) is 12.5 Å². The lowest BCUT2D eigenvalue weighted by atomic mass is 10.3. The van der Waals surface area contributed by atoms with Gasteiger partial charge in [-0.25, -0.2) is 9.78 Å². The van der Waals surface area contributed by atoms with Gasteiger partial charge in [-0.15, -0.1) is 0 Å². The molecule has 108 valence electrons. The summed E-state index contributed by atoms with van der Waals surface area (Å²) in [5, 5.41) is 5.69. The molecule has 2 amide bonds. The van der Waals surface area contributed by atoms with E-state index in [1.54, 1.807) is 0 Å². The van der Waals surface area contributed by atoms with Crippen molar-refractivity contribution in [3.63, 3.8) is 0 Å². The average molecular weight is 274 g/mol. The van der Waals surface area contributed by atoms with Gasteiger partial charge >= 0.3 is 6.03 Å². The van der Waals surface area contributed by atoms with E-state index in [9.17, 15) is 4.79 Å². The third-order valence-electron chi connectivity index (χ3n) is 3.14. The Labute approximate surface area is 119 Å². The molecule has 0 unspecified atom stereocenters. The van der Waals surface area contributed by atoms with E-state index in [0.717, 1.165) is 36.8 Å². The maximum absolute atomic E-state index is 11.8. The van der Waals surface area contributed by atoms with Crippen LogP contribution >= 0.6 is 0 Å². The number of imidazole rings is 1. The number of benzene rings is 1. The number of hydrogen-bond acceptors (Lipinski definition) is 2. The normalized spacial score (nSPS) is 10.7. The van der Waals surface area contributed by atoms with E-state index in [-0.39, 0.29) is 6.03 Å². The lowest BCUT2D eigenvalue weighted by Crippen LogP contribution is -2.30. The second-order valence-electron chi connectivity index (χ2n) is 4.81. The fourth-order valence-electron chi connectivity index (χ4n) is 2.15. The molecule has 1 aromatic heterocycles. The van der Waals surface area contributed by atoms with Gasteiger partial charge in [0.15, 0.2) is 0 Å². The summed E-state index contributed by atoms with van der Waals surface area (Å²) >= 11 is 0. The van der Waals surface area contributed by atoms with Crippen molar-refractivity contribution in [3.8, 4) is 0 Å². The number of carbonyl (C=O) groups excluding carboxylic acids is 1. The molecule has 2 N–H and O–H groups in total. The van der Waals surface area contributed by atoms with Crippen LogP contribution in [-0.2, 0) is 6.54 Å². The second kappa shape index (κ2) is 6.93. The van der Waals surface area contributed by atoms with Crippen molar-refractivity contribution in [3.05, 3.63) is 24.3 Å². The Morgan fingerprint density at radius 2 is 2.05 bits per heavy atom. The SMILES string of the molecule is CCCCNC(=O)Nc1nc2ccccc2n1CCC. The van der Waals surface area contributed by atoms with Crippen molar-refractivity contribution in [2.75, 3.05) is 11.9 Å². The number of nitrogens with one attached hydrogen (secondary N) is 2. The second-order valence-corrected chi connectivity index (χ2v) is 4.81. The highest BCUT2D eigenvalue weighted by Gasteiger charge is 2.11. The monoisotopic (exact) mass is 274 g/mol. The first-order valence-electron chi connectivity index (χ1n) is 7.26. The van der Waals surface area contributed by atoms with Gasteiger partial charge in [0.1, 0.15) is 0 Å². The molecule has 0 fully saturated rings. The van der Waals surface area contributed by atoms with Crippen LogP contribution in [0, 0.1) is 0 Å². The summed E-state index contributed by atoms with van der Waals surface area (Å²) in [5.74, 6) is 0.613. The summed E-state index contributed by atoms with van der Waals surface area (Å²) in [5.41, 5.74) is 1.96. The molecule has 5 nitrogen and oxygen atoms in total. The number of hydrogen-bond donors (Lipinski definition) is 2. The minimum absolute atomic E-state index is 0.189. The summed E-state index contributed by atoms with van der Waals surface area (Å²) in [6.45, 7) is 5.74. The number of anilines is 1. The van der Waals surface area contributed by atoms with E-state index >= 15 is 0 Å². The fraction of sp³-hybridized carbons (Fsp3) is 0.467. The number of fused-ring (bicyclic) bond motifs is 1. The van der Waals surface area contributed by atoms with Gasteiger partial charge in [0.25, 0.3) is 0 Å². The molecule has 0 radical (unpaired) electrons. The van der Waals surface area contributed by atoms with E-state index in [1.807, 2.05) is 24.3 Å². The maximum Gasteiger partial charge on any atom is 0.321 e. The molecule has 0 saturated heterocycles. The lowest BCUT2D eigenvalue weighted by molar-refractivity contribution is 0.251. The Morgan fingerprint density at radius 3 is 2.80 bits per heavy atom. The van der Waals surface area contributed by atoms with Crippen LogP contribution in [0.15, 0.2) is 24.3 Å². The molecule has 0 aliphatic rings. The summed E-state index contributed by atoms with van der Waals surface area (Å²) in [7, 11) is 0. The summed E-state index contributed by atoms with van der Waals surface area (Å²) in [4.78, 5) is 16.3. The number of aryl methyl sites for hydroxylation is 1. The quantitative estimate of drug-likeness (QED) is 0.793. The van der Waals surface area contributed by atoms with Crippen molar-refractivity contribution in [1.29, 1.82) is 0 Å². The summed E-state index contributed by atoms with van der Waals surface area (Å²) < 4.78 is 2.05. The van der Waals surface area contributed by atoms with Crippen LogP contribution in [0.4, 0.5) is 10.7 Å². The van der Waals surface area contributed by atoms with Gasteiger partial charge in [-0.1, -0.05) is 32.4 Å². The molecule has 0 atom stereocenters. The number of carbonyl (C=O) groups is 1. The third kappa shape index (κ3) is 3.29. The number of unbranched alkanes of at least 4 members (excludes halogenated alkanes) is 1. The molecule has 0 aliphatic carbocycles. The standard InChI is InChI=1S/C15H22N4O/c1-3-5-10-16-15(20)18-14-17-12-8-6-7-9-13(12)19(14)11-4-2/h6-9H,3-5,10-11H2,1-2H3,(H2,16,17,18,20). The van der Waals surface area contributed by atoms with Crippen LogP contribution in [-0.4, -0.2) is 22.1 Å². The number of nitrogens with zero attached hydrogens (tertiary/aromatic N) is 2. The Balaban J connectivity index is 2.16. The van der Waals surface area contributed by atoms with Crippen LogP contribution in [0.5, 0.6) is 0 Å². The minimum atomic E-state index is -0.189. The van der Waals surface area contributed by atoms with Gasteiger partial charge in [0, 0.05) is 13.1 Å². The van der Waals surface area contributed by atoms with E-state index < -0.39 is 0 Å². The number of aromatic nitrogens is 2. The molecule has 20 heavy (non-hydrogen) atoms. The van der Waals surface area contributed by atoms with Crippen LogP contribution < -0.4 is 10.6 Å². The van der Waals surface area contributed by atoms with Crippen LogP contribution in [0.3, 0.4) is 0 Å². The van der Waals surface area contributed by atoms with Crippen molar-refractivity contribution >= 4 is 23.0 Å². The van der Waals surface area contributed by atoms with Gasteiger partial charge in [0.2, 0.25) is 5.95 Å². The minimum Gasteiger partial charge on any atom is -0.338 e. The van der Waals surface area contributed by atoms with E-state index in [4.69, 9.17) is 0 Å². The third-order valence-corrected chi connectivity index (χ3v) is 3.14. The number of para-hydroxylation sites is 2. The first-order chi connectivity index (χ1) is 9.76. The molecular formula is C15H22N4O. The van der Waals surface area contributed by atoms with Crippen molar-refractivity contribution in [2.24, 2.45) is 0 Å². The average Bonchev–Trinajstić information content (AvgIpc) is 2.78. The zero-order valence-electron chi connectivity index (χ0n) is 12.1. The molecule has 0 bridgehead atoms. The van der Waals surface area contributed by atoms with Gasteiger partial charge in [-0.05, 0) is 25.0 Å². The van der Waals surface area contributed by atoms with Crippen molar-refractivity contribution in [2.45, 2.75) is 39.7 Å². The highest BCUT2D eigenvalue weighted by atomic mass is 16.2. The first-order valence-corrected chi connectivity index (χ1v) is 7.26. The maximum atomic E-state index is 11.8.